The van der Waals surface area contributed by atoms with E-state index in [9.17, 15) is 22.0 Å². The highest BCUT2D eigenvalue weighted by atomic mass is 35.5. The quantitative estimate of drug-likeness (QED) is 0.108. The van der Waals surface area contributed by atoms with Crippen LogP contribution in [0.15, 0.2) is 101 Å². The number of nitrogens with zero attached hydrogens (tertiary/aromatic N) is 1. The number of nitrogens with one attached hydrogen (secondary N) is 2. The lowest BCUT2D eigenvalue weighted by Gasteiger charge is -2.31. The predicted octanol–water partition coefficient (Wildman–Crippen LogP) is 5.97. The van der Waals surface area contributed by atoms with Crippen LogP contribution in [0.1, 0.15) is 35.6 Å². The first-order valence-electron chi connectivity index (χ1n) is 14.8. The van der Waals surface area contributed by atoms with Crippen molar-refractivity contribution >= 4 is 44.8 Å². The molecule has 4 aromatic rings. The van der Waals surface area contributed by atoms with Crippen LogP contribution >= 0.6 is 23.2 Å². The van der Waals surface area contributed by atoms with Crippen molar-refractivity contribution in [3.05, 3.63) is 129 Å². The van der Waals surface area contributed by atoms with Crippen LogP contribution in [-0.4, -0.2) is 49.8 Å². The van der Waals surface area contributed by atoms with Crippen molar-refractivity contribution in [1.29, 1.82) is 0 Å². The number of carbonyl (C=O) groups excluding carboxylic acids is 1. The molecule has 0 fully saturated rings. The third-order valence-electron chi connectivity index (χ3n) is 7.55. The van der Waals surface area contributed by atoms with Gasteiger partial charge in [0, 0.05) is 53.2 Å². The average Bonchev–Trinajstić information content (AvgIpc) is 3.45. The maximum atomic E-state index is 14.3. The number of benzene rings is 4. The Kier molecular flexibility index (Phi) is 11.3. The van der Waals surface area contributed by atoms with Crippen molar-refractivity contribution in [1.82, 2.24) is 10.9 Å². The summed E-state index contributed by atoms with van der Waals surface area (Å²) in [7, 11) is -3.91. The molecule has 3 N–H and O–H groups in total. The van der Waals surface area contributed by atoms with Gasteiger partial charge in [-0.05, 0) is 66.2 Å². The van der Waals surface area contributed by atoms with E-state index >= 15 is 0 Å². The summed E-state index contributed by atoms with van der Waals surface area (Å²) in [5.74, 6) is -2.30. The number of hydrogen-bond donors (Lipinski definition) is 3. The molecule has 0 bridgehead atoms. The van der Waals surface area contributed by atoms with E-state index in [0.717, 1.165) is 18.2 Å². The van der Waals surface area contributed by atoms with Gasteiger partial charge in [-0.15, -0.1) is 0 Å². The van der Waals surface area contributed by atoms with Gasteiger partial charge in [0.25, 0.3) is 5.91 Å². The summed E-state index contributed by atoms with van der Waals surface area (Å²) < 4.78 is 66.6. The number of sulfone groups is 1. The van der Waals surface area contributed by atoms with Crippen LogP contribution in [0.4, 0.5) is 8.78 Å². The van der Waals surface area contributed by atoms with Gasteiger partial charge in [0.05, 0.1) is 17.3 Å². The Morgan fingerprint density at radius 1 is 0.979 bits per heavy atom. The lowest BCUT2D eigenvalue weighted by Crippen LogP contribution is -2.53. The Balaban J connectivity index is 1.54. The molecule has 0 spiro atoms. The Hall–Kier alpha value is -4.07. The van der Waals surface area contributed by atoms with E-state index in [4.69, 9.17) is 42.8 Å². The number of ether oxygens (including phenoxy) is 2. The fraction of sp³-hybridized carbons (Fsp3) is 0.235. The minimum Gasteiger partial charge on any atom is -0.494 e. The zero-order chi connectivity index (χ0) is 34.3. The second kappa shape index (κ2) is 15.4. The summed E-state index contributed by atoms with van der Waals surface area (Å²) in [5, 5.41) is 9.52. The van der Waals surface area contributed by atoms with Crippen LogP contribution in [0.5, 0.6) is 5.75 Å². The lowest BCUT2D eigenvalue weighted by molar-refractivity contribution is -0.130. The number of aliphatic hydroxyl groups excluding tert-OH is 1. The van der Waals surface area contributed by atoms with Gasteiger partial charge in [-0.25, -0.2) is 27.6 Å². The molecule has 0 unspecified atom stereocenters. The van der Waals surface area contributed by atoms with Crippen LogP contribution in [-0.2, 0) is 25.9 Å². The molecular formula is C34H31Cl2F2N3O6S. The molecule has 0 aliphatic carbocycles. The van der Waals surface area contributed by atoms with Crippen molar-refractivity contribution in [3.8, 4) is 5.75 Å². The maximum Gasteiger partial charge on any atom is 0.266 e. The SMILES string of the molecule is O=C(NNCc1cc(F)cc(F)c1)[C@@]1(CCS(=O)(=O)c2ccccc2)N=C(c2ccc(OCCCO)cc2)O[C@H]1c1ccc(Cl)cc1Cl. The zero-order valence-corrected chi connectivity index (χ0v) is 27.7. The van der Waals surface area contributed by atoms with E-state index in [0.29, 0.717) is 34.9 Å². The van der Waals surface area contributed by atoms with Crippen molar-refractivity contribution in [2.45, 2.75) is 35.9 Å². The van der Waals surface area contributed by atoms with Crippen LogP contribution in [0.2, 0.25) is 10.0 Å². The molecule has 4 aromatic carbocycles. The standard InChI is InChI=1S/C34H31Cl2F2N3O6S/c35-24-9-12-29(30(36)19-24)31-34(13-16-48(44,45)28-5-2-1-3-6-28,33(43)41-39-21-22-17-25(37)20-26(38)18-22)40-32(47-31)23-7-10-27(11-8-23)46-15-4-14-42/h1-3,5-12,17-20,31,39,42H,4,13-16,21H2,(H,41,43)/t31-,34-/m0/s1. The number of rotatable bonds is 14. The molecule has 2 atom stereocenters. The summed E-state index contributed by atoms with van der Waals surface area (Å²) >= 11 is 12.8. The van der Waals surface area contributed by atoms with Gasteiger partial charge in [-0.2, -0.15) is 0 Å². The Bertz CT molecular complexity index is 1880. The summed E-state index contributed by atoms with van der Waals surface area (Å²) in [6.45, 7) is 0.120. The van der Waals surface area contributed by atoms with Crippen LogP contribution in [0.3, 0.4) is 0 Å². The highest BCUT2D eigenvalue weighted by Gasteiger charge is 2.54. The van der Waals surface area contributed by atoms with Gasteiger partial charge in [0.15, 0.2) is 21.5 Å². The second-order valence-corrected chi connectivity index (χ2v) is 13.9. The normalized spacial score (nSPS) is 17.4. The molecule has 9 nitrogen and oxygen atoms in total. The number of aliphatic hydroxyl groups is 1. The average molecular weight is 719 g/mol. The summed E-state index contributed by atoms with van der Waals surface area (Å²) in [6, 6.07) is 22.0. The largest absolute Gasteiger partial charge is 0.494 e. The van der Waals surface area contributed by atoms with E-state index < -0.39 is 44.8 Å². The van der Waals surface area contributed by atoms with E-state index in [1.807, 2.05) is 0 Å². The maximum absolute atomic E-state index is 14.3. The van der Waals surface area contributed by atoms with Crippen LogP contribution < -0.4 is 15.6 Å². The predicted molar refractivity (Wildman–Crippen MR) is 178 cm³/mol. The van der Waals surface area contributed by atoms with Crippen molar-refractivity contribution in [2.75, 3.05) is 19.0 Å². The van der Waals surface area contributed by atoms with E-state index in [1.165, 1.54) is 18.2 Å². The summed E-state index contributed by atoms with van der Waals surface area (Å²) in [6.07, 6.45) is -1.12. The minimum atomic E-state index is -3.91. The molecule has 1 heterocycles. The van der Waals surface area contributed by atoms with Gasteiger partial charge >= 0.3 is 0 Å². The summed E-state index contributed by atoms with van der Waals surface area (Å²) in [4.78, 5) is 19.1. The van der Waals surface area contributed by atoms with E-state index in [-0.39, 0.29) is 41.0 Å². The molecule has 48 heavy (non-hydrogen) atoms. The first-order valence-corrected chi connectivity index (χ1v) is 17.2. The number of hydrazine groups is 1. The number of aliphatic imine (C=N–C) groups is 1. The molecule has 0 saturated heterocycles. The molecular weight excluding hydrogens is 687 g/mol. The van der Waals surface area contributed by atoms with Gasteiger partial charge < -0.3 is 14.6 Å². The van der Waals surface area contributed by atoms with Crippen LogP contribution in [0, 0.1) is 11.6 Å². The topological polar surface area (TPSA) is 126 Å². The molecule has 0 aromatic heterocycles. The first kappa shape index (κ1) is 35.2. The highest BCUT2D eigenvalue weighted by Crippen LogP contribution is 2.45. The Morgan fingerprint density at radius 2 is 1.69 bits per heavy atom. The van der Waals surface area contributed by atoms with Crippen molar-refractivity contribution < 1.29 is 36.6 Å². The molecule has 14 heteroatoms. The van der Waals surface area contributed by atoms with Gasteiger partial charge in [-0.1, -0.05) is 47.5 Å². The Labute approximate surface area is 286 Å². The molecule has 0 saturated carbocycles. The molecule has 252 valence electrons. The molecule has 1 aliphatic heterocycles. The molecule has 1 amide bonds. The van der Waals surface area contributed by atoms with Crippen LogP contribution in [0.25, 0.3) is 0 Å². The first-order chi connectivity index (χ1) is 23.0. The molecule has 0 radical (unpaired) electrons. The highest BCUT2D eigenvalue weighted by molar-refractivity contribution is 7.91. The minimum absolute atomic E-state index is 0.0184. The van der Waals surface area contributed by atoms with Gasteiger partial charge in [-0.3, -0.25) is 10.2 Å². The smallest absolute Gasteiger partial charge is 0.266 e. The van der Waals surface area contributed by atoms with E-state index in [1.54, 1.807) is 54.6 Å². The van der Waals surface area contributed by atoms with Crippen molar-refractivity contribution in [3.63, 3.8) is 0 Å². The van der Waals surface area contributed by atoms with Gasteiger partial charge in [0.1, 0.15) is 17.4 Å². The fourth-order valence-corrected chi connectivity index (χ4v) is 7.04. The Morgan fingerprint density at radius 3 is 2.35 bits per heavy atom. The monoisotopic (exact) mass is 717 g/mol. The number of carbonyl (C=O) groups is 1. The zero-order valence-electron chi connectivity index (χ0n) is 25.3. The lowest BCUT2D eigenvalue weighted by atomic mass is 9.85. The number of hydrogen-bond acceptors (Lipinski definition) is 8. The molecule has 5 rings (SSSR count). The number of amides is 1. The fourth-order valence-electron chi connectivity index (χ4n) is 5.14. The van der Waals surface area contributed by atoms with E-state index in [2.05, 4.69) is 10.9 Å². The third kappa shape index (κ3) is 8.31. The van der Waals surface area contributed by atoms with Gasteiger partial charge in [0.2, 0.25) is 5.90 Å². The third-order valence-corrected chi connectivity index (χ3v) is 9.84. The molecule has 1 aliphatic rings. The number of halogens is 4. The second-order valence-electron chi connectivity index (χ2n) is 10.9. The summed E-state index contributed by atoms with van der Waals surface area (Å²) in [5.41, 5.74) is 4.30. The van der Waals surface area contributed by atoms with Crippen molar-refractivity contribution in [2.24, 2.45) is 4.99 Å².